The van der Waals surface area contributed by atoms with E-state index in [1.165, 1.54) is 0 Å². The van der Waals surface area contributed by atoms with Crippen molar-refractivity contribution in [1.82, 2.24) is 19.4 Å². The van der Waals surface area contributed by atoms with Crippen LogP contribution >= 0.6 is 0 Å². The molecule has 0 aliphatic carbocycles. The number of nitrogens with zero attached hydrogens (tertiary/aromatic N) is 4. The van der Waals surface area contributed by atoms with E-state index in [0.29, 0.717) is 19.9 Å². The molecular weight excluding hydrogens is 472 g/mol. The maximum absolute atomic E-state index is 13.0. The molecular formula is C27H38N4O4Si. The van der Waals surface area contributed by atoms with Crippen molar-refractivity contribution in [2.75, 3.05) is 13.2 Å². The number of hydrogen-bond donors (Lipinski definition) is 1. The first-order valence-electron chi connectivity index (χ1n) is 12.6. The molecule has 1 N–H and O–H groups in total. The van der Waals surface area contributed by atoms with E-state index < -0.39 is 13.7 Å². The summed E-state index contributed by atoms with van der Waals surface area (Å²) in [6, 6.07) is 8.10. The Morgan fingerprint density at radius 3 is 2.67 bits per heavy atom. The molecule has 1 fully saturated rings. The first-order chi connectivity index (χ1) is 16.9. The van der Waals surface area contributed by atoms with Crippen molar-refractivity contribution in [1.29, 1.82) is 0 Å². The molecule has 1 atom stereocenters. The highest BCUT2D eigenvalue weighted by Gasteiger charge is 2.36. The number of aromatic hydroxyl groups is 1. The number of amides is 1. The Labute approximate surface area is 214 Å². The van der Waals surface area contributed by atoms with Gasteiger partial charge in [-0.2, -0.15) is 0 Å². The van der Waals surface area contributed by atoms with Crippen LogP contribution in [0.2, 0.25) is 25.7 Å². The molecule has 36 heavy (non-hydrogen) atoms. The van der Waals surface area contributed by atoms with Gasteiger partial charge >= 0.3 is 6.09 Å². The lowest BCUT2D eigenvalue weighted by molar-refractivity contribution is 0.0204. The SMILES string of the molecule is CC(C)(C)OC(=O)N1CCC[C@H]1c1ncc(-c2cnc3cc(O)ccc3c2)n1COCC[Si](C)(C)C. The molecule has 0 spiro atoms. The van der Waals surface area contributed by atoms with E-state index in [4.69, 9.17) is 14.5 Å². The number of carbonyl (C=O) groups is 1. The van der Waals surface area contributed by atoms with E-state index in [0.717, 1.165) is 46.9 Å². The topological polar surface area (TPSA) is 89.7 Å². The molecule has 0 saturated carbocycles. The molecule has 3 heterocycles. The summed E-state index contributed by atoms with van der Waals surface area (Å²) in [6.07, 6.45) is 5.03. The predicted octanol–water partition coefficient (Wildman–Crippen LogP) is 6.19. The molecule has 0 radical (unpaired) electrons. The van der Waals surface area contributed by atoms with Crippen LogP contribution in [0.15, 0.2) is 36.7 Å². The van der Waals surface area contributed by atoms with Gasteiger partial charge in [0.1, 0.15) is 23.9 Å². The number of phenolic OH excluding ortho intramolecular Hbond substituents is 1. The van der Waals surface area contributed by atoms with Crippen molar-refractivity contribution in [2.45, 2.75) is 77.7 Å². The summed E-state index contributed by atoms with van der Waals surface area (Å²) in [5, 5.41) is 10.7. The number of imidazole rings is 1. The predicted molar refractivity (Wildman–Crippen MR) is 144 cm³/mol. The van der Waals surface area contributed by atoms with Gasteiger partial charge in [0.05, 0.1) is 23.4 Å². The van der Waals surface area contributed by atoms with E-state index in [1.54, 1.807) is 23.2 Å². The lowest BCUT2D eigenvalue weighted by atomic mass is 10.1. The Hall–Kier alpha value is -2.91. The van der Waals surface area contributed by atoms with Crippen LogP contribution in [0.3, 0.4) is 0 Å². The van der Waals surface area contributed by atoms with Gasteiger partial charge in [0, 0.05) is 44.4 Å². The van der Waals surface area contributed by atoms with Crippen LogP contribution < -0.4 is 0 Å². The van der Waals surface area contributed by atoms with Gasteiger partial charge in [0.15, 0.2) is 0 Å². The number of likely N-dealkylation sites (tertiary alicyclic amines) is 1. The summed E-state index contributed by atoms with van der Waals surface area (Å²) in [6.45, 7) is 14.3. The fourth-order valence-electron chi connectivity index (χ4n) is 4.38. The summed E-state index contributed by atoms with van der Waals surface area (Å²) in [7, 11) is -1.23. The van der Waals surface area contributed by atoms with Crippen molar-refractivity contribution in [2.24, 2.45) is 0 Å². The minimum atomic E-state index is -1.23. The molecule has 1 aliphatic rings. The van der Waals surface area contributed by atoms with Crippen LogP contribution in [-0.2, 0) is 16.2 Å². The summed E-state index contributed by atoms with van der Waals surface area (Å²) in [5.41, 5.74) is 1.96. The van der Waals surface area contributed by atoms with Gasteiger partial charge in [-0.3, -0.25) is 9.88 Å². The van der Waals surface area contributed by atoms with Gasteiger partial charge in [-0.25, -0.2) is 9.78 Å². The fourth-order valence-corrected chi connectivity index (χ4v) is 5.14. The molecule has 3 aromatic rings. The molecule has 9 heteroatoms. The van der Waals surface area contributed by atoms with E-state index in [9.17, 15) is 9.90 Å². The van der Waals surface area contributed by atoms with Crippen molar-refractivity contribution in [3.05, 3.63) is 42.5 Å². The number of carbonyl (C=O) groups excluding carboxylic acids is 1. The lowest BCUT2D eigenvalue weighted by Crippen LogP contribution is -2.37. The third-order valence-electron chi connectivity index (χ3n) is 6.25. The summed E-state index contributed by atoms with van der Waals surface area (Å²) < 4.78 is 13.9. The second-order valence-electron chi connectivity index (χ2n) is 11.7. The molecule has 8 nitrogen and oxygen atoms in total. The van der Waals surface area contributed by atoms with Gasteiger partial charge in [0.2, 0.25) is 0 Å². The smallest absolute Gasteiger partial charge is 0.410 e. The van der Waals surface area contributed by atoms with Crippen LogP contribution in [0.1, 0.15) is 45.5 Å². The third kappa shape index (κ3) is 6.25. The Kier molecular flexibility index (Phi) is 7.42. The number of hydrogen-bond acceptors (Lipinski definition) is 6. The molecule has 1 amide bonds. The minimum absolute atomic E-state index is 0.181. The molecule has 0 unspecified atom stereocenters. The van der Waals surface area contributed by atoms with Gasteiger partial charge in [0.25, 0.3) is 0 Å². The summed E-state index contributed by atoms with van der Waals surface area (Å²) in [5.74, 6) is 0.988. The van der Waals surface area contributed by atoms with Crippen LogP contribution in [0.4, 0.5) is 4.79 Å². The standard InChI is InChI=1S/C27H38N4O4Si/c1-27(2,3)35-26(33)30-11-7-8-23(30)25-29-17-24(31(25)18-34-12-13-36(4,5)6)20-14-19-9-10-21(32)15-22(19)28-16-20/h9-10,14-17,23,32H,7-8,11-13,18H2,1-6H3/t23-/m0/s1. The highest BCUT2D eigenvalue weighted by Crippen LogP contribution is 2.35. The Morgan fingerprint density at radius 1 is 1.17 bits per heavy atom. The molecule has 1 saturated heterocycles. The average Bonchev–Trinajstić information content (AvgIpc) is 3.41. The normalized spacial score (nSPS) is 16.6. The van der Waals surface area contributed by atoms with E-state index in [-0.39, 0.29) is 17.9 Å². The lowest BCUT2D eigenvalue weighted by Gasteiger charge is -2.29. The summed E-state index contributed by atoms with van der Waals surface area (Å²) in [4.78, 5) is 24.1. The Balaban J connectivity index is 1.68. The summed E-state index contributed by atoms with van der Waals surface area (Å²) >= 11 is 0. The number of aromatic nitrogens is 3. The Morgan fingerprint density at radius 2 is 1.94 bits per heavy atom. The average molecular weight is 511 g/mol. The molecule has 1 aliphatic heterocycles. The van der Waals surface area contributed by atoms with Crippen LogP contribution in [0.25, 0.3) is 22.2 Å². The van der Waals surface area contributed by atoms with Gasteiger partial charge < -0.3 is 19.1 Å². The quantitative estimate of drug-likeness (QED) is 0.301. The maximum atomic E-state index is 13.0. The molecule has 1 aromatic carbocycles. The van der Waals surface area contributed by atoms with E-state index in [1.807, 2.05) is 39.1 Å². The number of pyridine rings is 1. The molecule has 4 rings (SSSR count). The van der Waals surface area contributed by atoms with Gasteiger partial charge in [-0.15, -0.1) is 0 Å². The minimum Gasteiger partial charge on any atom is -0.508 e. The Bertz CT molecular complexity index is 1230. The zero-order chi connectivity index (χ0) is 26.1. The zero-order valence-corrected chi connectivity index (χ0v) is 23.2. The monoisotopic (exact) mass is 510 g/mol. The van der Waals surface area contributed by atoms with E-state index >= 15 is 0 Å². The number of ether oxygens (including phenoxy) is 2. The van der Waals surface area contributed by atoms with Gasteiger partial charge in [-0.1, -0.05) is 19.6 Å². The largest absolute Gasteiger partial charge is 0.508 e. The highest BCUT2D eigenvalue weighted by atomic mass is 28.3. The molecule has 2 aromatic heterocycles. The van der Waals surface area contributed by atoms with Crippen molar-refractivity contribution in [3.63, 3.8) is 0 Å². The number of fused-ring (bicyclic) bond motifs is 1. The zero-order valence-electron chi connectivity index (χ0n) is 22.2. The number of benzene rings is 1. The van der Waals surface area contributed by atoms with Crippen LogP contribution in [0, 0.1) is 0 Å². The van der Waals surface area contributed by atoms with Crippen molar-refractivity contribution < 1.29 is 19.4 Å². The van der Waals surface area contributed by atoms with Crippen LogP contribution in [0.5, 0.6) is 5.75 Å². The van der Waals surface area contributed by atoms with Crippen molar-refractivity contribution in [3.8, 4) is 17.0 Å². The van der Waals surface area contributed by atoms with Crippen LogP contribution in [-0.4, -0.2) is 57.5 Å². The molecule has 194 valence electrons. The first-order valence-corrected chi connectivity index (χ1v) is 16.3. The molecule has 0 bridgehead atoms. The second-order valence-corrected chi connectivity index (χ2v) is 17.3. The maximum Gasteiger partial charge on any atom is 0.410 e. The van der Waals surface area contributed by atoms with E-state index in [2.05, 4.69) is 29.2 Å². The highest BCUT2D eigenvalue weighted by molar-refractivity contribution is 6.76. The first kappa shape index (κ1) is 26.2. The fraction of sp³-hybridized carbons (Fsp3) is 0.519. The number of rotatable bonds is 7. The van der Waals surface area contributed by atoms with Crippen molar-refractivity contribution >= 4 is 25.1 Å². The third-order valence-corrected chi connectivity index (χ3v) is 7.95. The second kappa shape index (κ2) is 10.2. The van der Waals surface area contributed by atoms with Gasteiger partial charge in [-0.05, 0) is 57.9 Å². The number of phenols is 1.